The van der Waals surface area contributed by atoms with Gasteiger partial charge in [0, 0.05) is 11.4 Å². The van der Waals surface area contributed by atoms with Crippen molar-refractivity contribution in [1.82, 2.24) is 14.9 Å². The predicted molar refractivity (Wildman–Crippen MR) is 127 cm³/mol. The number of hydrogen-bond donors (Lipinski definition) is 1. The summed E-state index contributed by atoms with van der Waals surface area (Å²) in [6.45, 7) is 9.50. The van der Waals surface area contributed by atoms with Crippen LogP contribution in [0.15, 0.2) is 59.0 Å². The quantitative estimate of drug-likeness (QED) is 0.310. The minimum absolute atomic E-state index is 0.0394. The Kier molecular flexibility index (Phi) is 6.98. The van der Waals surface area contributed by atoms with E-state index in [9.17, 15) is 14.9 Å². The van der Waals surface area contributed by atoms with Gasteiger partial charge in [-0.2, -0.15) is 5.26 Å². The molecule has 0 aliphatic heterocycles. The zero-order valence-corrected chi connectivity index (χ0v) is 19.3. The molecule has 160 valence electrons. The van der Waals surface area contributed by atoms with E-state index in [1.54, 1.807) is 13.0 Å². The molecule has 0 saturated heterocycles. The van der Waals surface area contributed by atoms with Crippen LogP contribution < -0.4 is 10.9 Å². The molecule has 31 heavy (non-hydrogen) atoms. The molecule has 0 aliphatic carbocycles. The van der Waals surface area contributed by atoms with Gasteiger partial charge in [-0.3, -0.25) is 14.2 Å². The number of thioether (sulfide) groups is 1. The normalized spacial score (nSPS) is 13.0. The lowest BCUT2D eigenvalue weighted by atomic mass is 9.90. The van der Waals surface area contributed by atoms with Crippen LogP contribution in [-0.2, 0) is 11.3 Å². The third kappa shape index (κ3) is 4.89. The molecule has 0 aliphatic rings. The summed E-state index contributed by atoms with van der Waals surface area (Å²) in [5.74, 6) is -0.267. The summed E-state index contributed by atoms with van der Waals surface area (Å²) in [6, 6.07) is 13.9. The molecule has 2 heterocycles. The van der Waals surface area contributed by atoms with E-state index in [2.05, 4.69) is 22.9 Å². The van der Waals surface area contributed by atoms with Crippen LogP contribution >= 0.6 is 23.1 Å². The van der Waals surface area contributed by atoms with E-state index >= 15 is 0 Å². The third-order valence-corrected chi connectivity index (χ3v) is 7.16. The van der Waals surface area contributed by atoms with Crippen LogP contribution in [-0.4, -0.2) is 26.8 Å². The molecule has 1 N–H and O–H groups in total. The summed E-state index contributed by atoms with van der Waals surface area (Å²) in [6.07, 6.45) is 1.63. The summed E-state index contributed by atoms with van der Waals surface area (Å²) in [4.78, 5) is 31.9. The highest BCUT2D eigenvalue weighted by molar-refractivity contribution is 7.99. The number of allylic oxidation sites excluding steroid dienone is 1. The number of benzene rings is 1. The first-order chi connectivity index (χ1) is 14.8. The van der Waals surface area contributed by atoms with Gasteiger partial charge in [0.1, 0.15) is 10.4 Å². The van der Waals surface area contributed by atoms with Crippen molar-refractivity contribution >= 4 is 39.2 Å². The number of hydrogen-bond acceptors (Lipinski definition) is 6. The van der Waals surface area contributed by atoms with Crippen molar-refractivity contribution in [2.45, 2.75) is 38.0 Å². The van der Waals surface area contributed by atoms with Gasteiger partial charge in [0.05, 0.1) is 17.2 Å². The van der Waals surface area contributed by atoms with Crippen LogP contribution in [0.2, 0.25) is 0 Å². The Morgan fingerprint density at radius 2 is 2.13 bits per heavy atom. The van der Waals surface area contributed by atoms with E-state index < -0.39 is 5.54 Å². The van der Waals surface area contributed by atoms with Gasteiger partial charge in [-0.15, -0.1) is 17.9 Å². The molecule has 8 heteroatoms. The molecule has 6 nitrogen and oxygen atoms in total. The number of carbonyl (C=O) groups excluding carboxylic acids is 1. The second kappa shape index (κ2) is 9.50. The van der Waals surface area contributed by atoms with E-state index in [0.29, 0.717) is 21.9 Å². The molecular formula is C23H24N4O2S2. The van der Waals surface area contributed by atoms with Crippen LogP contribution in [0.1, 0.15) is 20.8 Å². The average molecular weight is 453 g/mol. The van der Waals surface area contributed by atoms with Crippen LogP contribution in [0.4, 0.5) is 0 Å². The molecule has 2 aromatic heterocycles. The molecule has 1 aromatic carbocycles. The summed E-state index contributed by atoms with van der Waals surface area (Å²) in [5, 5.41) is 13.2. The number of nitrogens with zero attached hydrogens (tertiary/aromatic N) is 3. The number of fused-ring (bicyclic) bond motifs is 1. The maximum atomic E-state index is 13.1. The Labute approximate surface area is 189 Å². The number of rotatable bonds is 8. The average Bonchev–Trinajstić information content (AvgIpc) is 3.19. The molecule has 1 atom stereocenters. The van der Waals surface area contributed by atoms with Gasteiger partial charge in [0.25, 0.3) is 5.56 Å². The molecule has 0 fully saturated rings. The minimum atomic E-state index is -0.950. The Hall–Kier alpha value is -2.89. The summed E-state index contributed by atoms with van der Waals surface area (Å²) in [5.41, 5.74) is -0.0813. The largest absolute Gasteiger partial charge is 0.337 e. The standard InChI is InChI=1S/C23H24N4O2S2/c1-5-11-27-21(29)17-12-18(16-9-7-6-8-10-16)31-20(17)25-22(27)30-13-19(28)26-23(4,14-24)15(2)3/h5-10,12,15H,1,11,13H2,2-4H3,(H,26,28). The van der Waals surface area contributed by atoms with Crippen molar-refractivity contribution in [1.29, 1.82) is 5.26 Å². The monoisotopic (exact) mass is 452 g/mol. The Morgan fingerprint density at radius 1 is 1.42 bits per heavy atom. The molecule has 0 spiro atoms. The fraction of sp³-hybridized carbons (Fsp3) is 0.304. The molecule has 1 amide bonds. The van der Waals surface area contributed by atoms with Gasteiger partial charge in [-0.25, -0.2) is 4.98 Å². The topological polar surface area (TPSA) is 87.8 Å². The molecule has 0 radical (unpaired) electrons. The van der Waals surface area contributed by atoms with E-state index in [0.717, 1.165) is 10.4 Å². The maximum absolute atomic E-state index is 13.1. The molecule has 3 rings (SSSR count). The van der Waals surface area contributed by atoms with Crippen molar-refractivity contribution in [2.24, 2.45) is 5.92 Å². The maximum Gasteiger partial charge on any atom is 0.263 e. The highest BCUT2D eigenvalue weighted by Gasteiger charge is 2.30. The van der Waals surface area contributed by atoms with Crippen molar-refractivity contribution < 1.29 is 4.79 Å². The molecule has 1 unspecified atom stereocenters. The van der Waals surface area contributed by atoms with E-state index in [-0.39, 0.29) is 23.1 Å². The van der Waals surface area contributed by atoms with E-state index in [1.165, 1.54) is 27.7 Å². The van der Waals surface area contributed by atoms with Gasteiger partial charge < -0.3 is 5.32 Å². The number of nitrogens with one attached hydrogen (secondary N) is 1. The summed E-state index contributed by atoms with van der Waals surface area (Å²) in [7, 11) is 0. The number of thiophene rings is 1. The SMILES string of the molecule is C=CCn1c(SCC(=O)NC(C)(C#N)C(C)C)nc2sc(-c3ccccc3)cc2c1=O. The molecule has 0 saturated carbocycles. The smallest absolute Gasteiger partial charge is 0.263 e. The first-order valence-corrected chi connectivity index (χ1v) is 11.6. The van der Waals surface area contributed by atoms with Gasteiger partial charge in [0.15, 0.2) is 5.16 Å². The second-order valence-corrected chi connectivity index (χ2v) is 9.57. The second-order valence-electron chi connectivity index (χ2n) is 7.60. The predicted octanol–water partition coefficient (Wildman–Crippen LogP) is 4.46. The van der Waals surface area contributed by atoms with Crippen molar-refractivity contribution in [3.63, 3.8) is 0 Å². The first-order valence-electron chi connectivity index (χ1n) is 9.85. The van der Waals surface area contributed by atoms with Crippen molar-refractivity contribution in [2.75, 3.05) is 5.75 Å². The van der Waals surface area contributed by atoms with E-state index in [4.69, 9.17) is 0 Å². The fourth-order valence-corrected chi connectivity index (χ4v) is 4.79. The van der Waals surface area contributed by atoms with Gasteiger partial charge in [0.2, 0.25) is 5.91 Å². The zero-order valence-electron chi connectivity index (χ0n) is 17.7. The highest BCUT2D eigenvalue weighted by atomic mass is 32.2. The van der Waals surface area contributed by atoms with Crippen LogP contribution in [0, 0.1) is 17.2 Å². The lowest BCUT2D eigenvalue weighted by Crippen LogP contribution is -2.49. The Bertz CT molecular complexity index is 1210. The summed E-state index contributed by atoms with van der Waals surface area (Å²) < 4.78 is 1.53. The van der Waals surface area contributed by atoms with E-state index in [1.807, 2.05) is 50.2 Å². The van der Waals surface area contributed by atoms with Crippen LogP contribution in [0.25, 0.3) is 20.7 Å². The van der Waals surface area contributed by atoms with Crippen molar-refractivity contribution in [3.05, 3.63) is 59.4 Å². The number of aromatic nitrogens is 2. The third-order valence-electron chi connectivity index (χ3n) is 5.10. The van der Waals surface area contributed by atoms with Crippen molar-refractivity contribution in [3.8, 4) is 16.5 Å². The number of nitriles is 1. The first kappa shape index (κ1) is 22.8. The van der Waals surface area contributed by atoms with Gasteiger partial charge in [-0.1, -0.05) is 62.0 Å². The minimum Gasteiger partial charge on any atom is -0.337 e. The fourth-order valence-electron chi connectivity index (χ4n) is 2.90. The zero-order chi connectivity index (χ0) is 22.6. The van der Waals surface area contributed by atoms with Crippen LogP contribution in [0.5, 0.6) is 0 Å². The molecule has 0 bridgehead atoms. The molecule has 3 aromatic rings. The summed E-state index contributed by atoms with van der Waals surface area (Å²) >= 11 is 2.63. The molecular weight excluding hydrogens is 428 g/mol. The Morgan fingerprint density at radius 3 is 2.74 bits per heavy atom. The highest BCUT2D eigenvalue weighted by Crippen LogP contribution is 2.32. The number of amides is 1. The lowest BCUT2D eigenvalue weighted by Gasteiger charge is -2.27. The Balaban J connectivity index is 1.91. The van der Waals surface area contributed by atoms with Gasteiger partial charge >= 0.3 is 0 Å². The van der Waals surface area contributed by atoms with Crippen LogP contribution in [0.3, 0.4) is 0 Å². The number of carbonyl (C=O) groups is 1. The lowest BCUT2D eigenvalue weighted by molar-refractivity contribution is -0.120. The van der Waals surface area contributed by atoms with Gasteiger partial charge in [-0.05, 0) is 24.5 Å².